The van der Waals surface area contributed by atoms with E-state index < -0.39 is 10.0 Å². The molecule has 0 atom stereocenters. The molecule has 0 radical (unpaired) electrons. The van der Waals surface area contributed by atoms with E-state index in [2.05, 4.69) is 4.72 Å². The van der Waals surface area contributed by atoms with Gasteiger partial charge in [0.1, 0.15) is 4.90 Å². The Labute approximate surface area is 130 Å². The maximum atomic E-state index is 12.3. The molecule has 0 saturated heterocycles. The van der Waals surface area contributed by atoms with Gasteiger partial charge in [0.15, 0.2) is 0 Å². The number of benzene rings is 1. The van der Waals surface area contributed by atoms with Crippen molar-refractivity contribution in [1.29, 1.82) is 0 Å². The monoisotopic (exact) mass is 339 g/mol. The van der Waals surface area contributed by atoms with Gasteiger partial charge >= 0.3 is 0 Å². The number of hydrogen-bond donors (Lipinski definition) is 2. The first kappa shape index (κ1) is 17.5. The van der Waals surface area contributed by atoms with Crippen LogP contribution in [0.25, 0.3) is 0 Å². The average Bonchev–Trinajstić information content (AvgIpc) is 2.24. The molecule has 8 heteroatoms. The van der Waals surface area contributed by atoms with Gasteiger partial charge in [0.25, 0.3) is 0 Å². The minimum absolute atomic E-state index is 0.00478. The minimum atomic E-state index is -3.80. The summed E-state index contributed by atoms with van der Waals surface area (Å²) in [6.45, 7) is 4.06. The molecule has 114 valence electrons. The lowest BCUT2D eigenvalue weighted by Gasteiger charge is -2.32. The molecule has 0 aliphatic rings. The zero-order valence-electron chi connectivity index (χ0n) is 11.9. The van der Waals surface area contributed by atoms with Crippen molar-refractivity contribution in [2.24, 2.45) is 0 Å². The topological polar surface area (TPSA) is 75.4 Å². The lowest BCUT2D eigenvalue weighted by atomic mass is 10.1. The van der Waals surface area contributed by atoms with Crippen molar-refractivity contribution in [2.45, 2.75) is 24.3 Å². The van der Waals surface area contributed by atoms with Gasteiger partial charge in [0.2, 0.25) is 10.0 Å². The number of hydrogen-bond acceptors (Lipinski definition) is 4. The molecule has 1 rings (SSSR count). The van der Waals surface area contributed by atoms with Crippen LogP contribution in [0.1, 0.15) is 13.8 Å². The van der Waals surface area contributed by atoms with Crippen LogP contribution in [0, 0.1) is 0 Å². The molecule has 3 N–H and O–H groups in total. The quantitative estimate of drug-likeness (QED) is 0.806. The lowest BCUT2D eigenvalue weighted by Crippen LogP contribution is -2.48. The second kappa shape index (κ2) is 6.07. The van der Waals surface area contributed by atoms with Crippen LogP contribution in [0.2, 0.25) is 10.0 Å². The summed E-state index contributed by atoms with van der Waals surface area (Å²) in [5.41, 5.74) is 5.39. The van der Waals surface area contributed by atoms with Gasteiger partial charge in [-0.05, 0) is 40.1 Å². The molecule has 0 bridgehead atoms. The number of sulfonamides is 1. The molecule has 0 amide bonds. The van der Waals surface area contributed by atoms with Gasteiger partial charge in [0.05, 0.1) is 10.7 Å². The molecule has 0 saturated carbocycles. The Morgan fingerprint density at radius 3 is 2.30 bits per heavy atom. The standard InChI is InChI=1S/C12H19Cl2N3O2S/c1-12(2,17(3)4)7-16-20(18,19)11-9(14)5-8(13)6-10(11)15/h5-6,16H,7,15H2,1-4H3. The third-order valence-electron chi connectivity index (χ3n) is 3.21. The highest BCUT2D eigenvalue weighted by Crippen LogP contribution is 2.31. The van der Waals surface area contributed by atoms with Crippen LogP contribution in [-0.2, 0) is 10.0 Å². The molecule has 1 aromatic carbocycles. The van der Waals surface area contributed by atoms with Crippen molar-refractivity contribution in [3.05, 3.63) is 22.2 Å². The molecule has 0 aliphatic heterocycles. The van der Waals surface area contributed by atoms with Gasteiger partial charge in [-0.15, -0.1) is 0 Å². The molecule has 0 heterocycles. The fourth-order valence-corrected chi connectivity index (χ4v) is 3.55. The number of nitrogen functional groups attached to an aromatic ring is 1. The molecule has 0 fully saturated rings. The Morgan fingerprint density at radius 1 is 1.30 bits per heavy atom. The highest BCUT2D eigenvalue weighted by Gasteiger charge is 2.27. The first-order chi connectivity index (χ1) is 8.97. The molecule has 0 aromatic heterocycles. The van der Waals surface area contributed by atoms with Gasteiger partial charge in [-0.3, -0.25) is 0 Å². The highest BCUT2D eigenvalue weighted by molar-refractivity contribution is 7.89. The SMILES string of the molecule is CN(C)C(C)(C)CNS(=O)(=O)c1c(N)cc(Cl)cc1Cl. The Kier molecular flexibility index (Phi) is 5.32. The number of anilines is 1. The van der Waals surface area contributed by atoms with E-state index in [9.17, 15) is 8.42 Å². The van der Waals surface area contributed by atoms with Gasteiger partial charge in [-0.25, -0.2) is 13.1 Å². The van der Waals surface area contributed by atoms with Gasteiger partial charge in [-0.1, -0.05) is 23.2 Å². The van der Waals surface area contributed by atoms with E-state index in [1.165, 1.54) is 12.1 Å². The maximum absolute atomic E-state index is 12.3. The number of likely N-dealkylation sites (N-methyl/N-ethyl adjacent to an activating group) is 1. The summed E-state index contributed by atoms with van der Waals surface area (Å²) < 4.78 is 27.2. The normalized spacial score (nSPS) is 12.9. The van der Waals surface area contributed by atoms with Crippen molar-refractivity contribution < 1.29 is 8.42 Å². The lowest BCUT2D eigenvalue weighted by molar-refractivity contribution is 0.199. The summed E-state index contributed by atoms with van der Waals surface area (Å²) in [5.74, 6) is 0. The van der Waals surface area contributed by atoms with E-state index in [0.717, 1.165) is 0 Å². The second-order valence-electron chi connectivity index (χ2n) is 5.34. The van der Waals surface area contributed by atoms with Crippen LogP contribution in [0.5, 0.6) is 0 Å². The highest BCUT2D eigenvalue weighted by atomic mass is 35.5. The second-order valence-corrected chi connectivity index (χ2v) is 7.88. The fraction of sp³-hybridized carbons (Fsp3) is 0.500. The minimum Gasteiger partial charge on any atom is -0.398 e. The summed E-state index contributed by atoms with van der Waals surface area (Å²) in [4.78, 5) is 1.78. The van der Waals surface area contributed by atoms with Crippen molar-refractivity contribution >= 4 is 38.9 Å². The smallest absolute Gasteiger partial charge is 0.244 e. The first-order valence-corrected chi connectivity index (χ1v) is 8.13. The van der Waals surface area contributed by atoms with Crippen molar-refractivity contribution in [3.63, 3.8) is 0 Å². The fourth-order valence-electron chi connectivity index (χ4n) is 1.37. The Hall–Kier alpha value is -0.530. The van der Waals surface area contributed by atoms with Gasteiger partial charge in [0, 0.05) is 17.1 Å². The van der Waals surface area contributed by atoms with Crippen LogP contribution >= 0.6 is 23.2 Å². The summed E-state index contributed by atoms with van der Waals surface area (Å²) in [5, 5.41) is 0.297. The Bertz CT molecular complexity index is 578. The number of nitrogens with zero attached hydrogens (tertiary/aromatic N) is 1. The summed E-state index contributed by atoms with van der Waals surface area (Å²) >= 11 is 11.7. The zero-order chi connectivity index (χ0) is 15.7. The Morgan fingerprint density at radius 2 is 1.85 bits per heavy atom. The van der Waals surface area contributed by atoms with Crippen molar-refractivity contribution in [1.82, 2.24) is 9.62 Å². The molecule has 0 spiro atoms. The van der Waals surface area contributed by atoms with E-state index >= 15 is 0 Å². The number of halogens is 2. The molecular formula is C12H19Cl2N3O2S. The van der Waals surface area contributed by atoms with E-state index in [1.54, 1.807) is 0 Å². The third kappa shape index (κ3) is 3.99. The molecule has 1 aromatic rings. The zero-order valence-corrected chi connectivity index (χ0v) is 14.2. The van der Waals surface area contributed by atoms with Crippen molar-refractivity contribution in [3.8, 4) is 0 Å². The van der Waals surface area contributed by atoms with E-state index in [0.29, 0.717) is 5.02 Å². The van der Waals surface area contributed by atoms with Crippen LogP contribution in [0.4, 0.5) is 5.69 Å². The van der Waals surface area contributed by atoms with E-state index in [4.69, 9.17) is 28.9 Å². The van der Waals surface area contributed by atoms with Gasteiger partial charge in [-0.2, -0.15) is 0 Å². The summed E-state index contributed by atoms with van der Waals surface area (Å²) in [6, 6.07) is 2.71. The summed E-state index contributed by atoms with van der Waals surface area (Å²) in [6.07, 6.45) is 0. The largest absolute Gasteiger partial charge is 0.398 e. The molecule has 0 unspecified atom stereocenters. The molecule has 20 heavy (non-hydrogen) atoms. The predicted molar refractivity (Wildman–Crippen MR) is 83.8 cm³/mol. The number of nitrogens with one attached hydrogen (secondary N) is 1. The number of nitrogens with two attached hydrogens (primary N) is 1. The number of rotatable bonds is 5. The van der Waals surface area contributed by atoms with Crippen molar-refractivity contribution in [2.75, 3.05) is 26.4 Å². The predicted octanol–water partition coefficient (Wildman–Crippen LogP) is 2.19. The third-order valence-corrected chi connectivity index (χ3v) is 5.36. The maximum Gasteiger partial charge on any atom is 0.244 e. The Balaban J connectivity index is 3.08. The van der Waals surface area contributed by atoms with E-state index in [-0.39, 0.29) is 27.7 Å². The summed E-state index contributed by atoms with van der Waals surface area (Å²) in [7, 11) is -0.0515. The van der Waals surface area contributed by atoms with Crippen LogP contribution < -0.4 is 10.5 Å². The van der Waals surface area contributed by atoms with Gasteiger partial charge < -0.3 is 10.6 Å². The van der Waals surface area contributed by atoms with Crippen LogP contribution in [-0.4, -0.2) is 39.5 Å². The van der Waals surface area contributed by atoms with Crippen LogP contribution in [0.3, 0.4) is 0 Å². The molecule has 0 aliphatic carbocycles. The molecular weight excluding hydrogens is 321 g/mol. The van der Waals surface area contributed by atoms with Crippen LogP contribution in [0.15, 0.2) is 17.0 Å². The average molecular weight is 340 g/mol. The molecule has 5 nitrogen and oxygen atoms in total. The van der Waals surface area contributed by atoms with E-state index in [1.807, 2.05) is 32.8 Å². The first-order valence-electron chi connectivity index (χ1n) is 5.89.